The fraction of sp³-hybridized carbons (Fsp3) is 0.604. The second kappa shape index (κ2) is 27.4. The molecule has 67 heavy (non-hydrogen) atoms. The van der Waals surface area contributed by atoms with Crippen molar-refractivity contribution < 1.29 is 58.1 Å². The zero-order valence-corrected chi connectivity index (χ0v) is 39.9. The molecule has 0 spiro atoms. The van der Waals surface area contributed by atoms with Gasteiger partial charge in [-0.3, -0.25) is 38.5 Å². The second-order valence-corrected chi connectivity index (χ2v) is 18.1. The fourth-order valence-electron chi connectivity index (χ4n) is 7.66. The van der Waals surface area contributed by atoms with E-state index in [1.807, 2.05) is 25.1 Å². The van der Waals surface area contributed by atoms with E-state index in [4.69, 9.17) is 9.84 Å². The molecule has 7 amide bonds. The van der Waals surface area contributed by atoms with E-state index in [0.29, 0.717) is 36.6 Å². The van der Waals surface area contributed by atoms with Crippen LogP contribution in [0.15, 0.2) is 30.3 Å². The molecule has 0 fully saturated rings. The summed E-state index contributed by atoms with van der Waals surface area (Å²) in [6, 6.07) is 4.44. The molecule has 370 valence electrons. The molecule has 0 aromatic heterocycles. The van der Waals surface area contributed by atoms with Gasteiger partial charge in [0.1, 0.15) is 23.7 Å². The molecule has 2 aromatic rings. The SMILES string of the molecule is CCCCCCCCCC(=O)NCCCC[C@H](NC(=O)OC(C)(C)C)C(=O)N[C@H](CCN1C(=O)c2cccc3c(N(C)C)ccc(c23)C1=O)C(=O)NCC[C@@H](NC(=O)CCCC(=O)O)C(=O)O. The van der Waals surface area contributed by atoms with Crippen LogP contribution in [0, 0.1) is 0 Å². The van der Waals surface area contributed by atoms with E-state index in [2.05, 4.69) is 33.5 Å². The summed E-state index contributed by atoms with van der Waals surface area (Å²) in [7, 11) is 3.69. The first-order chi connectivity index (χ1) is 31.7. The molecule has 0 unspecified atom stereocenters. The molecule has 0 saturated carbocycles. The Morgan fingerprint density at radius 1 is 0.657 bits per heavy atom. The molecule has 0 saturated heterocycles. The molecule has 7 N–H and O–H groups in total. The van der Waals surface area contributed by atoms with Gasteiger partial charge in [-0.25, -0.2) is 9.59 Å². The first-order valence-corrected chi connectivity index (χ1v) is 23.4. The third-order valence-electron chi connectivity index (χ3n) is 11.1. The molecule has 1 heterocycles. The van der Waals surface area contributed by atoms with E-state index in [0.717, 1.165) is 36.3 Å². The predicted octanol–water partition coefficient (Wildman–Crippen LogP) is 5.03. The molecule has 0 radical (unpaired) electrons. The van der Waals surface area contributed by atoms with Gasteiger partial charge in [-0.2, -0.15) is 0 Å². The summed E-state index contributed by atoms with van der Waals surface area (Å²) in [6.07, 6.45) is 6.94. The molecule has 19 nitrogen and oxygen atoms in total. The molecular weight excluding hydrogens is 867 g/mol. The van der Waals surface area contributed by atoms with Crippen molar-refractivity contribution in [3.63, 3.8) is 0 Å². The quantitative estimate of drug-likeness (QED) is 0.0401. The van der Waals surface area contributed by atoms with Crippen LogP contribution in [0.3, 0.4) is 0 Å². The van der Waals surface area contributed by atoms with Crippen LogP contribution >= 0.6 is 0 Å². The van der Waals surface area contributed by atoms with Crippen LogP contribution in [0.4, 0.5) is 10.5 Å². The Balaban J connectivity index is 1.78. The second-order valence-electron chi connectivity index (χ2n) is 18.1. The number of carbonyl (C=O) groups excluding carboxylic acids is 7. The molecule has 3 atom stereocenters. The number of carbonyl (C=O) groups is 9. The van der Waals surface area contributed by atoms with Gasteiger partial charge in [0.15, 0.2) is 0 Å². The third-order valence-corrected chi connectivity index (χ3v) is 11.1. The Labute approximate surface area is 392 Å². The standard InChI is InChI=1S/C48H71N7O12/c1-7-8-9-10-11-12-13-21-38(56)49-28-15-14-20-34(53-47(66)67-48(2,3)4)43(61)52-35(42(60)50-29-26-36(46(64)65)51-39(57)22-17-23-40(58)59)27-30-55-44(62)32-19-16-18-31-37(54(5)6)25-24-33(41(31)32)45(55)63/h16,18-19,24-25,34-36H,7-15,17,20-23,26-30H2,1-6H3,(H,49,56)(H,50,60)(H,51,57)(H,52,61)(H,53,66)(H,58,59)(H,64,65)/t34-,35+,36+/m0/s1. The number of alkyl carbamates (subject to hydrolysis) is 1. The molecule has 3 rings (SSSR count). The summed E-state index contributed by atoms with van der Waals surface area (Å²) in [5.74, 6) is -6.06. The van der Waals surface area contributed by atoms with Crippen molar-refractivity contribution in [1.82, 2.24) is 31.5 Å². The molecule has 2 aromatic carbocycles. The average molecular weight is 938 g/mol. The van der Waals surface area contributed by atoms with Crippen LogP contribution in [0.2, 0.25) is 0 Å². The summed E-state index contributed by atoms with van der Waals surface area (Å²) in [5.41, 5.74) is 0.446. The lowest BCUT2D eigenvalue weighted by atomic mass is 9.92. The van der Waals surface area contributed by atoms with E-state index in [1.165, 1.54) is 19.3 Å². The van der Waals surface area contributed by atoms with E-state index in [-0.39, 0.29) is 68.6 Å². The summed E-state index contributed by atoms with van der Waals surface area (Å²) in [5, 5.41) is 32.9. The van der Waals surface area contributed by atoms with Crippen molar-refractivity contribution in [3.05, 3.63) is 41.5 Å². The van der Waals surface area contributed by atoms with E-state index >= 15 is 0 Å². The molecular formula is C48H71N7O12. The van der Waals surface area contributed by atoms with E-state index < -0.39 is 71.3 Å². The molecule has 0 aliphatic carbocycles. The Hall–Kier alpha value is -6.27. The highest BCUT2D eigenvalue weighted by Crippen LogP contribution is 2.35. The Kier molecular flexibility index (Phi) is 22.5. The Morgan fingerprint density at radius 3 is 1.94 bits per heavy atom. The number of ether oxygens (including phenoxy) is 1. The molecule has 19 heteroatoms. The van der Waals surface area contributed by atoms with Gasteiger partial charge < -0.3 is 46.4 Å². The summed E-state index contributed by atoms with van der Waals surface area (Å²) < 4.78 is 5.43. The zero-order chi connectivity index (χ0) is 49.7. The van der Waals surface area contributed by atoms with Gasteiger partial charge in [0.25, 0.3) is 11.8 Å². The van der Waals surface area contributed by atoms with Gasteiger partial charge >= 0.3 is 18.0 Å². The molecule has 0 bridgehead atoms. The Bertz CT molecular complexity index is 2050. The lowest BCUT2D eigenvalue weighted by molar-refractivity contribution is -0.142. The summed E-state index contributed by atoms with van der Waals surface area (Å²) in [6.45, 7) is 6.84. The monoisotopic (exact) mass is 938 g/mol. The highest BCUT2D eigenvalue weighted by Gasteiger charge is 2.36. The highest BCUT2D eigenvalue weighted by molar-refractivity contribution is 6.26. The number of carboxylic acid groups (broad SMARTS) is 2. The van der Waals surface area contributed by atoms with Gasteiger partial charge in [0.05, 0.1) is 0 Å². The fourth-order valence-corrected chi connectivity index (χ4v) is 7.66. The zero-order valence-electron chi connectivity index (χ0n) is 39.9. The van der Waals surface area contributed by atoms with Crippen molar-refractivity contribution in [2.45, 2.75) is 154 Å². The minimum Gasteiger partial charge on any atom is -0.481 e. The van der Waals surface area contributed by atoms with Gasteiger partial charge in [-0.15, -0.1) is 0 Å². The normalized spacial score (nSPS) is 13.6. The van der Waals surface area contributed by atoms with Crippen LogP contribution < -0.4 is 31.5 Å². The summed E-state index contributed by atoms with van der Waals surface area (Å²) >= 11 is 0. The van der Waals surface area contributed by atoms with E-state index in [9.17, 15) is 48.3 Å². The minimum atomic E-state index is -1.45. The van der Waals surface area contributed by atoms with E-state index in [1.54, 1.807) is 45.0 Å². The first-order valence-electron chi connectivity index (χ1n) is 23.4. The van der Waals surface area contributed by atoms with Gasteiger partial charge in [0, 0.05) is 80.6 Å². The third kappa shape index (κ3) is 18.5. The first kappa shape index (κ1) is 55.1. The van der Waals surface area contributed by atoms with Crippen LogP contribution in [0.25, 0.3) is 10.8 Å². The van der Waals surface area contributed by atoms with Crippen molar-refractivity contribution in [2.24, 2.45) is 0 Å². The number of benzene rings is 2. The van der Waals surface area contributed by atoms with Crippen molar-refractivity contribution in [2.75, 3.05) is 38.6 Å². The van der Waals surface area contributed by atoms with Crippen LogP contribution in [0.1, 0.15) is 151 Å². The molecule has 1 aliphatic rings. The number of hydrogen-bond acceptors (Lipinski definition) is 11. The predicted molar refractivity (Wildman–Crippen MR) is 251 cm³/mol. The highest BCUT2D eigenvalue weighted by atomic mass is 16.6. The molecule has 1 aliphatic heterocycles. The number of imide groups is 1. The lowest BCUT2D eigenvalue weighted by Gasteiger charge is -2.30. The summed E-state index contributed by atoms with van der Waals surface area (Å²) in [4.78, 5) is 119. The van der Waals surface area contributed by atoms with Gasteiger partial charge in [0.2, 0.25) is 23.6 Å². The number of aliphatic carboxylic acids is 2. The number of nitrogens with zero attached hydrogens (tertiary/aromatic N) is 2. The van der Waals surface area contributed by atoms with Crippen LogP contribution in [-0.4, -0.2) is 126 Å². The van der Waals surface area contributed by atoms with Crippen molar-refractivity contribution in [3.8, 4) is 0 Å². The smallest absolute Gasteiger partial charge is 0.408 e. The number of rotatable bonds is 30. The number of unbranched alkanes of at least 4 members (excludes halogenated alkanes) is 7. The maximum Gasteiger partial charge on any atom is 0.408 e. The van der Waals surface area contributed by atoms with Crippen LogP contribution in [-0.2, 0) is 33.5 Å². The number of nitrogens with one attached hydrogen (secondary N) is 5. The maximum atomic E-state index is 14.1. The van der Waals surface area contributed by atoms with Crippen molar-refractivity contribution >= 4 is 69.9 Å². The van der Waals surface area contributed by atoms with Gasteiger partial charge in [-0.05, 0) is 83.9 Å². The topological polar surface area (TPSA) is 270 Å². The van der Waals surface area contributed by atoms with Crippen LogP contribution in [0.5, 0.6) is 0 Å². The van der Waals surface area contributed by atoms with Crippen molar-refractivity contribution in [1.29, 1.82) is 0 Å². The largest absolute Gasteiger partial charge is 0.481 e. The number of amides is 7. The average Bonchev–Trinajstić information content (AvgIpc) is 3.25. The maximum absolute atomic E-state index is 14.1. The number of anilines is 1. The Morgan fingerprint density at radius 2 is 1.30 bits per heavy atom. The van der Waals surface area contributed by atoms with Gasteiger partial charge in [-0.1, -0.05) is 57.6 Å². The lowest BCUT2D eigenvalue weighted by Crippen LogP contribution is -2.55. The number of carboxylic acids is 2. The minimum absolute atomic E-state index is 0.00873. The number of hydrogen-bond donors (Lipinski definition) is 7.